The van der Waals surface area contributed by atoms with Gasteiger partial charge in [0.25, 0.3) is 0 Å². The zero-order valence-electron chi connectivity index (χ0n) is 10.3. The maximum Gasteiger partial charge on any atom is 0.196 e. The van der Waals surface area contributed by atoms with E-state index >= 15 is 0 Å². The molecule has 2 atom stereocenters. The molecule has 4 nitrogen and oxygen atoms in total. The van der Waals surface area contributed by atoms with Gasteiger partial charge in [0.15, 0.2) is 10.6 Å². The second-order valence-electron chi connectivity index (χ2n) is 4.79. The first-order valence-electron chi connectivity index (χ1n) is 5.96. The number of ether oxygens (including phenoxy) is 1. The van der Waals surface area contributed by atoms with E-state index in [9.17, 15) is 0 Å². The van der Waals surface area contributed by atoms with Gasteiger partial charge in [0, 0.05) is 6.61 Å². The second-order valence-corrected chi connectivity index (χ2v) is 6.12. The summed E-state index contributed by atoms with van der Waals surface area (Å²) in [5.74, 6) is 0.912. The van der Waals surface area contributed by atoms with Crippen molar-refractivity contribution in [2.24, 2.45) is 0 Å². The number of H-pyrrole nitrogens is 1. The van der Waals surface area contributed by atoms with Crippen LogP contribution in [-0.2, 0) is 10.3 Å². The SMILES string of the molecule is CC1OCCC1(C)n1c(-c2cccs2)n[nH]c1=S. The monoisotopic (exact) mass is 281 g/mol. The molecule has 96 valence electrons. The highest BCUT2D eigenvalue weighted by molar-refractivity contribution is 7.71. The predicted octanol–water partition coefficient (Wildman–Crippen LogP) is 3.19. The number of nitrogens with one attached hydrogen (secondary N) is 1. The van der Waals surface area contributed by atoms with Gasteiger partial charge in [-0.15, -0.1) is 11.3 Å². The molecule has 1 fully saturated rings. The van der Waals surface area contributed by atoms with Crippen LogP contribution < -0.4 is 0 Å². The van der Waals surface area contributed by atoms with Crippen LogP contribution in [0.1, 0.15) is 20.3 Å². The van der Waals surface area contributed by atoms with Crippen molar-refractivity contribution in [1.82, 2.24) is 14.8 Å². The van der Waals surface area contributed by atoms with Crippen LogP contribution in [0.5, 0.6) is 0 Å². The molecule has 0 aromatic carbocycles. The van der Waals surface area contributed by atoms with Crippen molar-refractivity contribution in [3.8, 4) is 10.7 Å². The third-order valence-corrected chi connectivity index (χ3v) is 4.92. The molecule has 1 saturated heterocycles. The van der Waals surface area contributed by atoms with Crippen molar-refractivity contribution in [3.63, 3.8) is 0 Å². The molecule has 2 aromatic rings. The van der Waals surface area contributed by atoms with Crippen LogP contribution >= 0.6 is 23.6 Å². The quantitative estimate of drug-likeness (QED) is 0.860. The number of hydrogen-bond donors (Lipinski definition) is 1. The smallest absolute Gasteiger partial charge is 0.196 e. The van der Waals surface area contributed by atoms with Crippen molar-refractivity contribution in [1.29, 1.82) is 0 Å². The lowest BCUT2D eigenvalue weighted by Crippen LogP contribution is -2.37. The topological polar surface area (TPSA) is 42.8 Å². The van der Waals surface area contributed by atoms with E-state index in [2.05, 4.69) is 34.7 Å². The minimum absolute atomic E-state index is 0.122. The number of hydrogen-bond acceptors (Lipinski definition) is 4. The van der Waals surface area contributed by atoms with Gasteiger partial charge in [-0.05, 0) is 43.9 Å². The van der Waals surface area contributed by atoms with Gasteiger partial charge in [-0.3, -0.25) is 9.67 Å². The van der Waals surface area contributed by atoms with Crippen molar-refractivity contribution in [3.05, 3.63) is 22.3 Å². The summed E-state index contributed by atoms with van der Waals surface area (Å²) < 4.78 is 8.50. The van der Waals surface area contributed by atoms with E-state index in [0.29, 0.717) is 4.77 Å². The van der Waals surface area contributed by atoms with Crippen molar-refractivity contribution in [2.75, 3.05) is 6.61 Å². The normalized spacial score (nSPS) is 27.8. The highest BCUT2D eigenvalue weighted by Gasteiger charge is 2.41. The third-order valence-electron chi connectivity index (χ3n) is 3.78. The Labute approximate surface area is 115 Å². The Morgan fingerprint density at radius 2 is 2.50 bits per heavy atom. The summed E-state index contributed by atoms with van der Waals surface area (Å²) in [5, 5.41) is 9.35. The van der Waals surface area contributed by atoms with Gasteiger partial charge in [0.05, 0.1) is 16.5 Å². The molecule has 3 heterocycles. The van der Waals surface area contributed by atoms with E-state index in [4.69, 9.17) is 17.0 Å². The van der Waals surface area contributed by atoms with Crippen LogP contribution in [0.15, 0.2) is 17.5 Å². The number of aromatic nitrogens is 3. The van der Waals surface area contributed by atoms with Crippen LogP contribution in [0.2, 0.25) is 0 Å². The summed E-state index contributed by atoms with van der Waals surface area (Å²) in [4.78, 5) is 1.13. The van der Waals surface area contributed by atoms with E-state index < -0.39 is 0 Å². The van der Waals surface area contributed by atoms with Crippen molar-refractivity contribution < 1.29 is 4.74 Å². The molecule has 0 radical (unpaired) electrons. The average molecular weight is 281 g/mol. The van der Waals surface area contributed by atoms with E-state index in [-0.39, 0.29) is 11.6 Å². The Morgan fingerprint density at radius 3 is 3.11 bits per heavy atom. The number of rotatable bonds is 2. The highest BCUT2D eigenvalue weighted by Crippen LogP contribution is 2.37. The zero-order valence-corrected chi connectivity index (χ0v) is 12.0. The Balaban J connectivity index is 2.18. The lowest BCUT2D eigenvalue weighted by Gasteiger charge is -2.30. The molecule has 1 N–H and O–H groups in total. The van der Waals surface area contributed by atoms with Gasteiger partial charge >= 0.3 is 0 Å². The van der Waals surface area contributed by atoms with Gasteiger partial charge in [0.2, 0.25) is 0 Å². The Kier molecular flexibility index (Phi) is 2.88. The largest absolute Gasteiger partial charge is 0.376 e. The molecule has 3 rings (SSSR count). The summed E-state index contributed by atoms with van der Waals surface area (Å²) in [5.41, 5.74) is -0.122. The first-order valence-corrected chi connectivity index (χ1v) is 7.25. The van der Waals surface area contributed by atoms with Crippen LogP contribution in [0.4, 0.5) is 0 Å². The minimum Gasteiger partial charge on any atom is -0.376 e. The number of thiophene rings is 1. The van der Waals surface area contributed by atoms with Crippen molar-refractivity contribution >= 4 is 23.6 Å². The van der Waals surface area contributed by atoms with E-state index in [1.54, 1.807) is 11.3 Å². The fourth-order valence-corrected chi connectivity index (χ4v) is 3.50. The fraction of sp³-hybridized carbons (Fsp3) is 0.500. The van der Waals surface area contributed by atoms with Gasteiger partial charge < -0.3 is 4.74 Å². The molecule has 1 aliphatic heterocycles. The summed E-state index contributed by atoms with van der Waals surface area (Å²) >= 11 is 7.07. The Bertz CT molecular complexity index is 601. The van der Waals surface area contributed by atoms with E-state index in [1.165, 1.54) is 0 Å². The first kappa shape index (κ1) is 12.1. The molecule has 0 spiro atoms. The molecule has 0 amide bonds. The predicted molar refractivity (Wildman–Crippen MR) is 74.4 cm³/mol. The average Bonchev–Trinajstić information content (AvgIpc) is 3.01. The maximum atomic E-state index is 5.71. The third kappa shape index (κ3) is 1.67. The van der Waals surface area contributed by atoms with E-state index in [1.807, 2.05) is 11.4 Å². The summed E-state index contributed by atoms with van der Waals surface area (Å²) in [6, 6.07) is 4.09. The summed E-state index contributed by atoms with van der Waals surface area (Å²) in [6.07, 6.45) is 1.10. The maximum absolute atomic E-state index is 5.71. The molecular weight excluding hydrogens is 266 g/mol. The molecule has 0 saturated carbocycles. The summed E-state index contributed by atoms with van der Waals surface area (Å²) in [6.45, 7) is 5.06. The Morgan fingerprint density at radius 1 is 1.67 bits per heavy atom. The lowest BCUT2D eigenvalue weighted by atomic mass is 9.94. The lowest BCUT2D eigenvalue weighted by molar-refractivity contribution is 0.0759. The minimum atomic E-state index is -0.122. The molecule has 0 bridgehead atoms. The second kappa shape index (κ2) is 4.29. The van der Waals surface area contributed by atoms with Crippen LogP contribution in [0, 0.1) is 4.77 Å². The molecular formula is C12H15N3OS2. The molecule has 18 heavy (non-hydrogen) atoms. The van der Waals surface area contributed by atoms with Gasteiger partial charge in [-0.1, -0.05) is 6.07 Å². The number of nitrogens with zero attached hydrogens (tertiary/aromatic N) is 2. The first-order chi connectivity index (χ1) is 8.63. The van der Waals surface area contributed by atoms with E-state index in [0.717, 1.165) is 23.7 Å². The van der Waals surface area contributed by atoms with Crippen LogP contribution in [0.3, 0.4) is 0 Å². The molecule has 6 heteroatoms. The summed E-state index contributed by atoms with van der Waals surface area (Å²) in [7, 11) is 0. The Hall–Kier alpha value is -0.980. The van der Waals surface area contributed by atoms with Gasteiger partial charge in [-0.25, -0.2) is 0 Å². The van der Waals surface area contributed by atoms with Crippen molar-refractivity contribution in [2.45, 2.75) is 31.9 Å². The van der Waals surface area contributed by atoms with Crippen LogP contribution in [-0.4, -0.2) is 27.5 Å². The van der Waals surface area contributed by atoms with Gasteiger partial charge in [-0.2, -0.15) is 5.10 Å². The van der Waals surface area contributed by atoms with Crippen LogP contribution in [0.25, 0.3) is 10.7 Å². The molecule has 2 unspecified atom stereocenters. The number of aromatic amines is 1. The molecule has 1 aliphatic rings. The molecule has 0 aliphatic carbocycles. The molecule has 2 aromatic heterocycles. The highest BCUT2D eigenvalue weighted by atomic mass is 32.1. The van der Waals surface area contributed by atoms with Gasteiger partial charge in [0.1, 0.15) is 0 Å². The fourth-order valence-electron chi connectivity index (χ4n) is 2.46. The standard InChI is InChI=1S/C12H15N3OS2/c1-8-12(2,5-6-16-8)15-10(13-14-11(15)17)9-4-3-7-18-9/h3-4,7-8H,5-6H2,1-2H3,(H,14,17). The zero-order chi connectivity index (χ0) is 12.8.